The van der Waals surface area contributed by atoms with E-state index < -0.39 is 0 Å². The normalized spacial score (nSPS) is 19.4. The topological polar surface area (TPSA) is 46.3 Å². The molecule has 0 unspecified atom stereocenters. The molecule has 0 aromatic heterocycles. The molecule has 1 rings (SSSR count). The number of hydrogen-bond donors (Lipinski definition) is 1. The van der Waals surface area contributed by atoms with E-state index >= 15 is 0 Å². The highest BCUT2D eigenvalue weighted by molar-refractivity contribution is 8.02. The second kappa shape index (κ2) is 6.05. The van der Waals surface area contributed by atoms with E-state index in [1.807, 2.05) is 11.2 Å². The molecule has 3 nitrogen and oxygen atoms in total. The summed E-state index contributed by atoms with van der Waals surface area (Å²) in [5, 5.41) is 0. The lowest BCUT2D eigenvalue weighted by Gasteiger charge is -2.40. The molecule has 1 heterocycles. The Hall–Kier alpha value is -0.290. The Morgan fingerprint density at radius 3 is 2.35 bits per heavy atom. The first-order valence-electron chi connectivity index (χ1n) is 6.04. The average Bonchev–Trinajstić information content (AvgIpc) is 2.28. The van der Waals surface area contributed by atoms with Gasteiger partial charge in [0, 0.05) is 19.5 Å². The van der Waals surface area contributed by atoms with Crippen molar-refractivity contribution >= 4 is 34.9 Å². The van der Waals surface area contributed by atoms with Gasteiger partial charge >= 0.3 is 0 Å². The van der Waals surface area contributed by atoms with E-state index in [0.29, 0.717) is 17.3 Å². The van der Waals surface area contributed by atoms with Crippen LogP contribution in [0, 0.1) is 5.92 Å². The highest BCUT2D eigenvalue weighted by atomic mass is 32.2. The van der Waals surface area contributed by atoms with Gasteiger partial charge in [-0.1, -0.05) is 26.1 Å². The number of nitrogens with zero attached hydrogens (tertiary/aromatic N) is 1. The third kappa shape index (κ3) is 3.58. The van der Waals surface area contributed by atoms with Crippen molar-refractivity contribution in [1.82, 2.24) is 4.90 Å². The Morgan fingerprint density at radius 2 is 2.00 bits per heavy atom. The number of carbonyl (C=O) groups is 1. The summed E-state index contributed by atoms with van der Waals surface area (Å²) in [7, 11) is 0. The van der Waals surface area contributed by atoms with Crippen molar-refractivity contribution < 1.29 is 4.79 Å². The van der Waals surface area contributed by atoms with Crippen molar-refractivity contribution in [2.24, 2.45) is 11.7 Å². The minimum absolute atomic E-state index is 0.0933. The summed E-state index contributed by atoms with van der Waals surface area (Å²) in [6.45, 7) is 5.71. The number of rotatable bonds is 4. The quantitative estimate of drug-likeness (QED) is 0.797. The zero-order valence-corrected chi connectivity index (χ0v) is 12.5. The molecular weight excluding hydrogens is 252 g/mol. The van der Waals surface area contributed by atoms with Crippen molar-refractivity contribution in [3.63, 3.8) is 0 Å². The summed E-state index contributed by atoms with van der Waals surface area (Å²) in [6, 6.07) is 0. The molecule has 0 saturated carbocycles. The molecule has 5 heteroatoms. The largest absolute Gasteiger partial charge is 0.392 e. The molecule has 17 heavy (non-hydrogen) atoms. The van der Waals surface area contributed by atoms with Crippen molar-refractivity contribution in [3.8, 4) is 0 Å². The van der Waals surface area contributed by atoms with Crippen LogP contribution in [0.5, 0.6) is 0 Å². The van der Waals surface area contributed by atoms with E-state index in [0.717, 1.165) is 25.9 Å². The van der Waals surface area contributed by atoms with E-state index in [1.165, 1.54) is 0 Å². The van der Waals surface area contributed by atoms with Crippen LogP contribution in [-0.2, 0) is 4.79 Å². The molecule has 0 spiro atoms. The number of piperidine rings is 1. The van der Waals surface area contributed by atoms with Crippen LogP contribution < -0.4 is 5.73 Å². The van der Waals surface area contributed by atoms with Crippen LogP contribution in [0.1, 0.15) is 33.1 Å². The highest BCUT2D eigenvalue weighted by Gasteiger charge is 2.37. The fraction of sp³-hybridized carbons (Fsp3) is 0.833. The van der Waals surface area contributed by atoms with Gasteiger partial charge < -0.3 is 10.6 Å². The van der Waals surface area contributed by atoms with Crippen LogP contribution in [0.3, 0.4) is 0 Å². The van der Waals surface area contributed by atoms with Gasteiger partial charge in [-0.2, -0.15) is 11.8 Å². The molecule has 1 fully saturated rings. The number of carbonyl (C=O) groups excluding carboxylic acids is 1. The second-order valence-corrected chi connectivity index (χ2v) is 6.67. The average molecular weight is 274 g/mol. The fourth-order valence-corrected chi connectivity index (χ4v) is 3.39. The lowest BCUT2D eigenvalue weighted by molar-refractivity contribution is -0.132. The molecule has 2 N–H and O–H groups in total. The van der Waals surface area contributed by atoms with Gasteiger partial charge in [0.1, 0.15) is 0 Å². The van der Waals surface area contributed by atoms with Crippen LogP contribution in [0.25, 0.3) is 0 Å². The summed E-state index contributed by atoms with van der Waals surface area (Å²) in [4.78, 5) is 14.5. The molecule has 1 amide bonds. The predicted octanol–water partition coefficient (Wildman–Crippen LogP) is 2.04. The summed E-state index contributed by atoms with van der Waals surface area (Å²) in [5.41, 5.74) is 5.82. The number of thioether (sulfide) groups is 1. The first-order valence-corrected chi connectivity index (χ1v) is 7.67. The molecule has 98 valence electrons. The van der Waals surface area contributed by atoms with Crippen LogP contribution in [-0.4, -0.2) is 39.9 Å². The zero-order chi connectivity index (χ0) is 13.1. The van der Waals surface area contributed by atoms with Gasteiger partial charge in [0.2, 0.25) is 5.91 Å². The van der Waals surface area contributed by atoms with Crippen LogP contribution >= 0.6 is 24.0 Å². The Bertz CT molecular complexity index is 297. The maximum absolute atomic E-state index is 11.9. The van der Waals surface area contributed by atoms with Gasteiger partial charge in [-0.25, -0.2) is 0 Å². The Kier molecular flexibility index (Phi) is 5.25. The van der Waals surface area contributed by atoms with E-state index in [2.05, 4.69) is 13.8 Å². The lowest BCUT2D eigenvalue weighted by atomic mass is 9.95. The molecule has 0 aromatic rings. The summed E-state index contributed by atoms with van der Waals surface area (Å²) in [6.07, 6.45) is 4.45. The van der Waals surface area contributed by atoms with Gasteiger partial charge in [-0.05, 0) is 25.0 Å². The molecule has 0 aliphatic carbocycles. The first kappa shape index (κ1) is 14.8. The van der Waals surface area contributed by atoms with E-state index in [9.17, 15) is 4.79 Å². The van der Waals surface area contributed by atoms with Gasteiger partial charge in [0.05, 0.1) is 9.74 Å². The van der Waals surface area contributed by atoms with Crippen molar-refractivity contribution in [3.05, 3.63) is 0 Å². The number of amides is 1. The van der Waals surface area contributed by atoms with Crippen molar-refractivity contribution in [2.75, 3.05) is 19.3 Å². The smallest absolute Gasteiger partial charge is 0.222 e. The monoisotopic (exact) mass is 274 g/mol. The molecule has 1 saturated heterocycles. The standard InChI is InChI=1S/C12H22N2OS2/c1-9(2)8-10(15)14-6-4-12(17-3,5-7-14)11(13)16/h9H,4-8H2,1-3H3,(H2,13,16). The van der Waals surface area contributed by atoms with E-state index in [4.69, 9.17) is 18.0 Å². The third-order valence-electron chi connectivity index (χ3n) is 3.35. The Balaban J connectivity index is 2.55. The summed E-state index contributed by atoms with van der Waals surface area (Å²) >= 11 is 6.88. The summed E-state index contributed by atoms with van der Waals surface area (Å²) in [5.74, 6) is 0.683. The number of likely N-dealkylation sites (tertiary alicyclic amines) is 1. The molecule has 0 aromatic carbocycles. The van der Waals surface area contributed by atoms with Crippen molar-refractivity contribution in [2.45, 2.75) is 37.9 Å². The molecular formula is C12H22N2OS2. The van der Waals surface area contributed by atoms with Crippen LogP contribution in [0.2, 0.25) is 0 Å². The van der Waals surface area contributed by atoms with Crippen molar-refractivity contribution in [1.29, 1.82) is 0 Å². The number of thiocarbonyl (C=S) groups is 1. The minimum Gasteiger partial charge on any atom is -0.392 e. The fourth-order valence-electron chi connectivity index (χ4n) is 2.15. The molecule has 1 aliphatic rings. The van der Waals surface area contributed by atoms with Gasteiger partial charge in [-0.3, -0.25) is 4.79 Å². The van der Waals surface area contributed by atoms with E-state index in [1.54, 1.807) is 11.8 Å². The number of nitrogens with two attached hydrogens (primary N) is 1. The molecule has 0 radical (unpaired) electrons. The van der Waals surface area contributed by atoms with Crippen LogP contribution in [0.4, 0.5) is 0 Å². The van der Waals surface area contributed by atoms with Gasteiger partial charge in [0.25, 0.3) is 0 Å². The van der Waals surface area contributed by atoms with E-state index in [-0.39, 0.29) is 10.7 Å². The number of hydrogen-bond acceptors (Lipinski definition) is 3. The maximum atomic E-state index is 11.9. The SMILES string of the molecule is CSC1(C(N)=S)CCN(C(=O)CC(C)C)CC1. The lowest BCUT2D eigenvalue weighted by Crippen LogP contribution is -2.50. The minimum atomic E-state index is -0.0933. The maximum Gasteiger partial charge on any atom is 0.222 e. The third-order valence-corrected chi connectivity index (χ3v) is 5.28. The second-order valence-electron chi connectivity index (χ2n) is 5.04. The zero-order valence-electron chi connectivity index (χ0n) is 10.9. The summed E-state index contributed by atoms with van der Waals surface area (Å²) < 4.78 is -0.0933. The molecule has 0 atom stereocenters. The first-order chi connectivity index (χ1) is 7.91. The van der Waals surface area contributed by atoms with Gasteiger partial charge in [0.15, 0.2) is 0 Å². The van der Waals surface area contributed by atoms with Gasteiger partial charge in [-0.15, -0.1) is 0 Å². The van der Waals surface area contributed by atoms with Crippen LogP contribution in [0.15, 0.2) is 0 Å². The predicted molar refractivity (Wildman–Crippen MR) is 78.3 cm³/mol. The molecule has 1 aliphatic heterocycles. The Morgan fingerprint density at radius 1 is 1.47 bits per heavy atom. The molecule has 0 bridgehead atoms. The highest BCUT2D eigenvalue weighted by Crippen LogP contribution is 2.35. The Labute approximate surface area is 113 Å².